The van der Waals surface area contributed by atoms with Crippen LogP contribution in [0, 0.1) is 13.8 Å². The van der Waals surface area contributed by atoms with E-state index in [1.807, 2.05) is 6.92 Å². The predicted octanol–water partition coefficient (Wildman–Crippen LogP) is 1.51. The summed E-state index contributed by atoms with van der Waals surface area (Å²) >= 11 is 0. The van der Waals surface area contributed by atoms with Gasteiger partial charge in [0, 0.05) is 12.3 Å². The van der Waals surface area contributed by atoms with Gasteiger partial charge < -0.3 is 0 Å². The van der Waals surface area contributed by atoms with E-state index < -0.39 is 0 Å². The van der Waals surface area contributed by atoms with E-state index >= 15 is 0 Å². The molecule has 0 N–H and O–H groups in total. The molecule has 1 heteroatoms. The summed E-state index contributed by atoms with van der Waals surface area (Å²) < 4.78 is 0. The van der Waals surface area contributed by atoms with Crippen LogP contribution in [0.5, 0.6) is 0 Å². The molecule has 0 saturated carbocycles. The topological polar surface area (TPSA) is 12.4 Å². The van der Waals surface area contributed by atoms with Crippen molar-refractivity contribution in [2.45, 2.75) is 13.3 Å². The fraction of sp³-hybridized carbons (Fsp3) is 0.500. The Morgan fingerprint density at radius 1 is 1.71 bits per heavy atom. The van der Waals surface area contributed by atoms with Gasteiger partial charge in [0.2, 0.25) is 0 Å². The average Bonchev–Trinajstić information content (AvgIpc) is 1.68. The molecule has 0 aromatic heterocycles. The van der Waals surface area contributed by atoms with Gasteiger partial charge in [-0.1, -0.05) is 0 Å². The van der Waals surface area contributed by atoms with E-state index in [9.17, 15) is 0 Å². The van der Waals surface area contributed by atoms with Crippen LogP contribution < -0.4 is 0 Å². The zero-order chi connectivity index (χ0) is 5.70. The van der Waals surface area contributed by atoms with E-state index in [0.29, 0.717) is 0 Å². The van der Waals surface area contributed by atoms with Crippen LogP contribution in [0.3, 0.4) is 0 Å². The highest BCUT2D eigenvalue weighted by molar-refractivity contribution is 5.88. The van der Waals surface area contributed by atoms with Gasteiger partial charge in [-0.3, -0.25) is 4.99 Å². The first-order chi connectivity index (χ1) is 3.31. The molecule has 2 radical (unpaired) electrons. The van der Waals surface area contributed by atoms with Gasteiger partial charge in [-0.05, 0) is 27.2 Å². The maximum absolute atomic E-state index is 3.99. The first-order valence-corrected chi connectivity index (χ1v) is 2.45. The van der Waals surface area contributed by atoms with Crippen molar-refractivity contribution in [3.05, 3.63) is 13.8 Å². The number of hydrogen-bond donors (Lipinski definition) is 0. The van der Waals surface area contributed by atoms with Gasteiger partial charge in [0.05, 0.1) is 0 Å². The van der Waals surface area contributed by atoms with Gasteiger partial charge in [0.1, 0.15) is 0 Å². The summed E-state index contributed by atoms with van der Waals surface area (Å²) in [6.45, 7) is 10.1. The quantitative estimate of drug-likeness (QED) is 0.463. The number of rotatable bonds is 2. The lowest BCUT2D eigenvalue weighted by atomic mass is 10.3. The second-order valence-corrected chi connectivity index (χ2v) is 1.29. The van der Waals surface area contributed by atoms with Gasteiger partial charge in [-0.2, -0.15) is 0 Å². The minimum atomic E-state index is 0.730. The van der Waals surface area contributed by atoms with Crippen molar-refractivity contribution in [1.82, 2.24) is 0 Å². The molecular weight excluding hydrogens is 86.1 g/mol. The van der Waals surface area contributed by atoms with Crippen molar-refractivity contribution in [2.75, 3.05) is 6.54 Å². The van der Waals surface area contributed by atoms with Gasteiger partial charge in [-0.15, -0.1) is 0 Å². The van der Waals surface area contributed by atoms with E-state index in [0.717, 1.165) is 18.7 Å². The summed E-state index contributed by atoms with van der Waals surface area (Å²) in [6.07, 6.45) is 0.730. The maximum Gasteiger partial charge on any atom is 0.0360 e. The second-order valence-electron chi connectivity index (χ2n) is 1.29. The molecule has 0 aromatic rings. The summed E-state index contributed by atoms with van der Waals surface area (Å²) in [5.74, 6) is 0. The van der Waals surface area contributed by atoms with E-state index in [1.54, 1.807) is 0 Å². The van der Waals surface area contributed by atoms with E-state index in [-0.39, 0.29) is 0 Å². The lowest BCUT2D eigenvalue weighted by Gasteiger charge is -1.87. The third kappa shape index (κ3) is 3.50. The molecule has 0 aliphatic heterocycles. The molecule has 0 saturated heterocycles. The van der Waals surface area contributed by atoms with Crippen LogP contribution in [0.2, 0.25) is 0 Å². The van der Waals surface area contributed by atoms with Crippen molar-refractivity contribution in [3.63, 3.8) is 0 Å². The van der Waals surface area contributed by atoms with Crippen LogP contribution in [0.4, 0.5) is 0 Å². The molecular formula is C6H11N. The van der Waals surface area contributed by atoms with E-state index in [4.69, 9.17) is 0 Å². The highest BCUT2D eigenvalue weighted by Crippen LogP contribution is 1.80. The minimum Gasteiger partial charge on any atom is -0.294 e. The summed E-state index contributed by atoms with van der Waals surface area (Å²) in [4.78, 5) is 3.99. The first-order valence-electron chi connectivity index (χ1n) is 2.45. The molecule has 0 spiro atoms. The number of nitrogens with zero attached hydrogens (tertiary/aromatic N) is 1. The van der Waals surface area contributed by atoms with E-state index in [1.165, 1.54) is 0 Å². The molecule has 0 atom stereocenters. The lowest BCUT2D eigenvalue weighted by molar-refractivity contribution is 1.12. The summed E-state index contributed by atoms with van der Waals surface area (Å²) in [6, 6.07) is 0. The second kappa shape index (κ2) is 3.85. The Morgan fingerprint density at radius 2 is 2.29 bits per heavy atom. The standard InChI is InChI=1S/C6H11N/c1-4-6(3)7-5-2/h1,3-5H2,2H3. The first kappa shape index (κ1) is 6.67. The molecule has 0 fully saturated rings. The normalized spacial score (nSPS) is 12.1. The summed E-state index contributed by atoms with van der Waals surface area (Å²) in [5, 5.41) is 0. The van der Waals surface area contributed by atoms with Crippen LogP contribution in [0.15, 0.2) is 4.99 Å². The van der Waals surface area contributed by atoms with Gasteiger partial charge >= 0.3 is 0 Å². The molecule has 0 bridgehead atoms. The fourth-order valence-corrected chi connectivity index (χ4v) is 0.303. The molecule has 0 heterocycles. The summed E-state index contributed by atoms with van der Waals surface area (Å²) in [7, 11) is 0. The Labute approximate surface area is 45.5 Å². The van der Waals surface area contributed by atoms with Crippen LogP contribution in [0.1, 0.15) is 13.3 Å². The Bertz CT molecular complexity index is 64.6. The Hall–Kier alpha value is -0.330. The molecule has 0 amide bonds. The van der Waals surface area contributed by atoms with Crippen LogP contribution in [0.25, 0.3) is 0 Å². The Morgan fingerprint density at radius 3 is 2.43 bits per heavy atom. The SMILES string of the molecule is [CH2]CC([CH2])=NCC. The Kier molecular flexibility index (Phi) is 3.67. The van der Waals surface area contributed by atoms with Crippen molar-refractivity contribution >= 4 is 5.71 Å². The third-order valence-corrected chi connectivity index (χ3v) is 0.670. The van der Waals surface area contributed by atoms with Crippen LogP contribution in [-0.4, -0.2) is 12.3 Å². The number of aliphatic imine (C=N–C) groups is 1. The van der Waals surface area contributed by atoms with Crippen LogP contribution in [-0.2, 0) is 0 Å². The largest absolute Gasteiger partial charge is 0.294 e. The molecule has 0 aliphatic carbocycles. The molecule has 0 rings (SSSR count). The fourth-order valence-electron chi connectivity index (χ4n) is 0.303. The van der Waals surface area contributed by atoms with Crippen LogP contribution >= 0.6 is 0 Å². The highest BCUT2D eigenvalue weighted by atomic mass is 14.7. The van der Waals surface area contributed by atoms with Gasteiger partial charge in [0.15, 0.2) is 0 Å². The molecule has 7 heavy (non-hydrogen) atoms. The van der Waals surface area contributed by atoms with Crippen molar-refractivity contribution in [3.8, 4) is 0 Å². The van der Waals surface area contributed by atoms with E-state index in [2.05, 4.69) is 18.8 Å². The molecule has 0 unspecified atom stereocenters. The zero-order valence-corrected chi connectivity index (χ0v) is 4.78. The highest BCUT2D eigenvalue weighted by Gasteiger charge is 1.78. The molecule has 0 aliphatic rings. The average molecular weight is 97.2 g/mol. The van der Waals surface area contributed by atoms with Gasteiger partial charge in [0.25, 0.3) is 0 Å². The maximum atomic E-state index is 3.99. The zero-order valence-electron chi connectivity index (χ0n) is 4.78. The van der Waals surface area contributed by atoms with Crippen molar-refractivity contribution in [2.24, 2.45) is 4.99 Å². The number of hydrogen-bond acceptors (Lipinski definition) is 1. The Balaban J connectivity index is 3.29. The molecule has 0 aromatic carbocycles. The molecule has 40 valence electrons. The predicted molar refractivity (Wildman–Crippen MR) is 33.3 cm³/mol. The van der Waals surface area contributed by atoms with Crippen molar-refractivity contribution in [1.29, 1.82) is 0 Å². The third-order valence-electron chi connectivity index (χ3n) is 0.670. The summed E-state index contributed by atoms with van der Waals surface area (Å²) in [5.41, 5.74) is 0.891. The lowest BCUT2D eigenvalue weighted by Crippen LogP contribution is -1.87. The monoisotopic (exact) mass is 97.1 g/mol. The van der Waals surface area contributed by atoms with Gasteiger partial charge in [-0.25, -0.2) is 0 Å². The van der Waals surface area contributed by atoms with Crippen molar-refractivity contribution < 1.29 is 0 Å². The minimum absolute atomic E-state index is 0.730. The smallest absolute Gasteiger partial charge is 0.0360 e. The molecule has 1 nitrogen and oxygen atoms in total.